The van der Waals surface area contributed by atoms with Crippen molar-refractivity contribution in [2.45, 2.75) is 6.04 Å². The van der Waals surface area contributed by atoms with Gasteiger partial charge in [0.1, 0.15) is 17.2 Å². The van der Waals surface area contributed by atoms with Gasteiger partial charge in [0.15, 0.2) is 6.04 Å². The molecular formula is C24H19N5O5. The third-order valence-electron chi connectivity index (χ3n) is 4.96. The van der Waals surface area contributed by atoms with Crippen molar-refractivity contribution in [3.8, 4) is 11.5 Å². The molecule has 1 atom stereocenters. The van der Waals surface area contributed by atoms with E-state index in [1.807, 2.05) is 0 Å². The van der Waals surface area contributed by atoms with Gasteiger partial charge in [-0.2, -0.15) is 10.2 Å². The number of carbonyl (C=O) groups excluding carboxylic acids is 2. The third kappa shape index (κ3) is 4.75. The van der Waals surface area contributed by atoms with Gasteiger partial charge in [-0.3, -0.25) is 14.4 Å². The van der Waals surface area contributed by atoms with Gasteiger partial charge in [-0.25, -0.2) is 10.5 Å². The Labute approximate surface area is 192 Å². The van der Waals surface area contributed by atoms with E-state index < -0.39 is 23.4 Å². The van der Waals surface area contributed by atoms with Crippen LogP contribution in [-0.2, 0) is 4.79 Å². The van der Waals surface area contributed by atoms with Gasteiger partial charge in [-0.05, 0) is 30.3 Å². The largest absolute Gasteiger partial charge is 0.508 e. The SMILES string of the molecule is O=C(N[C@H](C(=O)NN=Cc1ccc(O)cc1O)c1n[nH]c(=O)c2ccccc12)c1ccccc1. The van der Waals surface area contributed by atoms with Gasteiger partial charge in [-0.1, -0.05) is 36.4 Å². The van der Waals surface area contributed by atoms with Crippen LogP contribution >= 0.6 is 0 Å². The smallest absolute Gasteiger partial charge is 0.272 e. The molecule has 0 bridgehead atoms. The zero-order valence-corrected chi connectivity index (χ0v) is 17.6. The van der Waals surface area contributed by atoms with Crippen LogP contribution in [0.4, 0.5) is 0 Å². The number of carbonyl (C=O) groups is 2. The van der Waals surface area contributed by atoms with Crippen molar-refractivity contribution in [1.29, 1.82) is 0 Å². The lowest BCUT2D eigenvalue weighted by Crippen LogP contribution is -2.40. The predicted molar refractivity (Wildman–Crippen MR) is 125 cm³/mol. The van der Waals surface area contributed by atoms with E-state index in [4.69, 9.17) is 0 Å². The Morgan fingerprint density at radius 2 is 1.68 bits per heavy atom. The zero-order valence-electron chi connectivity index (χ0n) is 17.6. The van der Waals surface area contributed by atoms with Gasteiger partial charge in [0, 0.05) is 22.6 Å². The van der Waals surface area contributed by atoms with Crippen LogP contribution in [0.3, 0.4) is 0 Å². The van der Waals surface area contributed by atoms with E-state index in [1.165, 1.54) is 18.3 Å². The number of phenols is 2. The minimum Gasteiger partial charge on any atom is -0.508 e. The molecule has 4 rings (SSSR count). The van der Waals surface area contributed by atoms with E-state index in [0.717, 1.165) is 6.07 Å². The molecule has 0 unspecified atom stereocenters. The van der Waals surface area contributed by atoms with Gasteiger partial charge in [0.05, 0.1) is 11.6 Å². The standard InChI is InChI=1S/C24H19N5O5/c30-16-11-10-15(19(31)12-16)13-25-28-24(34)21(26-22(32)14-6-2-1-3-7-14)20-17-8-4-5-9-18(17)23(33)29-27-20/h1-13,21,30-31H,(H,26,32)(H,28,34)(H,29,33)/t21-/m0/s1. The van der Waals surface area contributed by atoms with Gasteiger partial charge >= 0.3 is 0 Å². The first-order valence-corrected chi connectivity index (χ1v) is 10.1. The van der Waals surface area contributed by atoms with Crippen LogP contribution in [0.15, 0.2) is 82.7 Å². The Hall–Kier alpha value is -4.99. The van der Waals surface area contributed by atoms with E-state index in [2.05, 4.69) is 26.0 Å². The lowest BCUT2D eigenvalue weighted by atomic mass is 10.0. The van der Waals surface area contributed by atoms with Crippen LogP contribution in [0.1, 0.15) is 27.7 Å². The molecule has 0 saturated carbocycles. The van der Waals surface area contributed by atoms with Crippen molar-refractivity contribution in [2.75, 3.05) is 0 Å². The van der Waals surface area contributed by atoms with Crippen LogP contribution in [0.2, 0.25) is 0 Å². The second-order valence-electron chi connectivity index (χ2n) is 7.23. The highest BCUT2D eigenvalue weighted by Crippen LogP contribution is 2.22. The summed E-state index contributed by atoms with van der Waals surface area (Å²) in [5.41, 5.74) is 2.58. The van der Waals surface area contributed by atoms with Gasteiger partial charge in [0.2, 0.25) is 0 Å². The molecular weight excluding hydrogens is 438 g/mol. The number of fused-ring (bicyclic) bond motifs is 1. The number of hydrazone groups is 1. The molecule has 170 valence electrons. The first-order valence-electron chi connectivity index (χ1n) is 10.1. The van der Waals surface area contributed by atoms with Crippen LogP contribution in [-0.4, -0.2) is 38.4 Å². The Morgan fingerprint density at radius 1 is 0.971 bits per heavy atom. The summed E-state index contributed by atoms with van der Waals surface area (Å²) in [4.78, 5) is 38.1. The number of hydrogen-bond acceptors (Lipinski definition) is 7. The van der Waals surface area contributed by atoms with Crippen LogP contribution in [0.25, 0.3) is 10.8 Å². The number of nitrogens with one attached hydrogen (secondary N) is 3. The van der Waals surface area contributed by atoms with Crippen molar-refractivity contribution < 1.29 is 19.8 Å². The molecule has 0 aliphatic heterocycles. The monoisotopic (exact) mass is 457 g/mol. The fourth-order valence-electron chi connectivity index (χ4n) is 3.29. The average molecular weight is 457 g/mol. The molecule has 1 aromatic heterocycles. The highest BCUT2D eigenvalue weighted by atomic mass is 16.3. The topological polar surface area (TPSA) is 157 Å². The molecule has 2 amide bonds. The molecule has 3 aromatic carbocycles. The van der Waals surface area contributed by atoms with Crippen molar-refractivity contribution in [3.63, 3.8) is 0 Å². The number of benzene rings is 3. The molecule has 34 heavy (non-hydrogen) atoms. The Morgan fingerprint density at radius 3 is 2.41 bits per heavy atom. The highest BCUT2D eigenvalue weighted by Gasteiger charge is 2.27. The van der Waals surface area contributed by atoms with Crippen LogP contribution in [0, 0.1) is 0 Å². The summed E-state index contributed by atoms with van der Waals surface area (Å²) >= 11 is 0. The molecule has 0 saturated heterocycles. The van der Waals surface area contributed by atoms with Gasteiger partial charge < -0.3 is 15.5 Å². The quantitative estimate of drug-likeness (QED) is 0.220. The first-order chi connectivity index (χ1) is 16.4. The van der Waals surface area contributed by atoms with Crippen LogP contribution < -0.4 is 16.3 Å². The minimum atomic E-state index is -1.31. The summed E-state index contributed by atoms with van der Waals surface area (Å²) in [5.74, 6) is -1.62. The maximum atomic E-state index is 13.1. The number of nitrogens with zero attached hydrogens (tertiary/aromatic N) is 2. The van der Waals surface area contributed by atoms with Crippen LogP contribution in [0.5, 0.6) is 11.5 Å². The lowest BCUT2D eigenvalue weighted by molar-refractivity contribution is -0.123. The third-order valence-corrected chi connectivity index (χ3v) is 4.96. The molecule has 0 aliphatic rings. The normalized spacial score (nSPS) is 11.9. The number of amides is 2. The zero-order chi connectivity index (χ0) is 24.1. The van der Waals surface area contributed by atoms with Gasteiger partial charge in [0.25, 0.3) is 17.4 Å². The number of aromatic nitrogens is 2. The van der Waals surface area contributed by atoms with Crippen molar-refractivity contribution in [3.05, 3.63) is 100.0 Å². The summed E-state index contributed by atoms with van der Waals surface area (Å²) in [7, 11) is 0. The summed E-state index contributed by atoms with van der Waals surface area (Å²) in [6.45, 7) is 0. The summed E-state index contributed by atoms with van der Waals surface area (Å²) < 4.78 is 0. The fraction of sp³-hybridized carbons (Fsp3) is 0.0417. The first kappa shape index (κ1) is 22.2. The maximum absolute atomic E-state index is 13.1. The Kier molecular flexibility index (Phi) is 6.31. The molecule has 1 heterocycles. The maximum Gasteiger partial charge on any atom is 0.272 e. The predicted octanol–water partition coefficient (Wildman–Crippen LogP) is 1.96. The summed E-state index contributed by atoms with van der Waals surface area (Å²) in [6.07, 6.45) is 1.18. The minimum absolute atomic E-state index is 0.125. The van der Waals surface area contributed by atoms with Gasteiger partial charge in [-0.15, -0.1) is 0 Å². The number of hydrogen-bond donors (Lipinski definition) is 5. The molecule has 0 radical (unpaired) electrons. The summed E-state index contributed by atoms with van der Waals surface area (Å²) in [5, 5.41) is 32.8. The Bertz CT molecular complexity index is 1450. The van der Waals surface area contributed by atoms with E-state index >= 15 is 0 Å². The number of H-pyrrole nitrogens is 1. The number of aromatic amines is 1. The lowest BCUT2D eigenvalue weighted by Gasteiger charge is -2.18. The van der Waals surface area contributed by atoms with Crippen molar-refractivity contribution in [1.82, 2.24) is 20.9 Å². The molecule has 0 aliphatic carbocycles. The number of phenolic OH excluding ortho intramolecular Hbond substituents is 2. The molecule has 0 fully saturated rings. The summed E-state index contributed by atoms with van der Waals surface area (Å²) in [6, 6.07) is 17.5. The second-order valence-corrected chi connectivity index (χ2v) is 7.23. The Balaban J connectivity index is 1.67. The second kappa shape index (κ2) is 9.65. The molecule has 0 spiro atoms. The number of aromatic hydroxyl groups is 2. The molecule has 10 heteroatoms. The van der Waals surface area contributed by atoms with E-state index in [0.29, 0.717) is 16.3 Å². The van der Waals surface area contributed by atoms with Crippen molar-refractivity contribution in [2.24, 2.45) is 5.10 Å². The fourth-order valence-corrected chi connectivity index (χ4v) is 3.29. The van der Waals surface area contributed by atoms with Crippen molar-refractivity contribution >= 4 is 28.8 Å². The van der Waals surface area contributed by atoms with E-state index in [9.17, 15) is 24.6 Å². The average Bonchev–Trinajstić information content (AvgIpc) is 2.85. The molecule has 4 aromatic rings. The molecule has 10 nitrogen and oxygen atoms in total. The molecule has 5 N–H and O–H groups in total. The number of rotatable bonds is 6. The van der Waals surface area contributed by atoms with E-state index in [1.54, 1.807) is 54.6 Å². The van der Waals surface area contributed by atoms with E-state index in [-0.39, 0.29) is 22.8 Å². The highest BCUT2D eigenvalue weighted by molar-refractivity contribution is 5.99.